The summed E-state index contributed by atoms with van der Waals surface area (Å²) in [7, 11) is 0. The molecule has 0 radical (unpaired) electrons. The van der Waals surface area contributed by atoms with E-state index in [4.69, 9.17) is 0 Å². The monoisotopic (exact) mass is 304 g/mol. The molecule has 118 valence electrons. The normalized spacial score (nSPS) is 27.8. The van der Waals surface area contributed by atoms with Gasteiger partial charge in [-0.1, -0.05) is 74.5 Å². The number of hydrogen-bond donors (Lipinski definition) is 0. The van der Waals surface area contributed by atoms with Crippen molar-refractivity contribution in [1.82, 2.24) is 0 Å². The van der Waals surface area contributed by atoms with Gasteiger partial charge in [-0.2, -0.15) is 0 Å². The second-order valence-corrected chi connectivity index (χ2v) is 7.95. The molecule has 1 heteroatoms. The molecule has 0 aliphatic heterocycles. The van der Waals surface area contributed by atoms with Crippen LogP contribution < -0.4 is 0 Å². The van der Waals surface area contributed by atoms with Crippen LogP contribution in [0.5, 0.6) is 0 Å². The molecule has 0 N–H and O–H groups in total. The molecule has 2 fully saturated rings. The molecule has 0 spiro atoms. The molecule has 2 aromatic rings. The number of fused-ring (bicyclic) bond motifs is 1. The number of carbonyl (C=O) groups excluding carboxylic acids is 1. The van der Waals surface area contributed by atoms with E-state index in [0.29, 0.717) is 11.7 Å². The summed E-state index contributed by atoms with van der Waals surface area (Å²) in [6, 6.07) is 21.7. The van der Waals surface area contributed by atoms with E-state index < -0.39 is 0 Å². The Morgan fingerprint density at radius 2 is 1.39 bits per heavy atom. The Hall–Kier alpha value is -1.89. The van der Waals surface area contributed by atoms with Gasteiger partial charge in [-0.15, -0.1) is 0 Å². The summed E-state index contributed by atoms with van der Waals surface area (Å²) in [5.74, 6) is 1.12. The summed E-state index contributed by atoms with van der Waals surface area (Å²) >= 11 is 0. The highest BCUT2D eigenvalue weighted by atomic mass is 16.1. The molecule has 1 nitrogen and oxygen atoms in total. The molecule has 0 amide bonds. The van der Waals surface area contributed by atoms with Crippen LogP contribution in [0.1, 0.15) is 44.2 Å². The van der Waals surface area contributed by atoms with E-state index in [1.807, 2.05) is 0 Å². The first-order valence-electron chi connectivity index (χ1n) is 8.69. The lowest BCUT2D eigenvalue weighted by molar-refractivity contribution is -0.147. The summed E-state index contributed by atoms with van der Waals surface area (Å²) in [6.07, 6.45) is 2.73. The fourth-order valence-corrected chi connectivity index (χ4v) is 5.30. The molecule has 0 bridgehead atoms. The van der Waals surface area contributed by atoms with Crippen molar-refractivity contribution in [2.45, 2.75) is 38.5 Å². The average molecular weight is 304 g/mol. The van der Waals surface area contributed by atoms with Crippen LogP contribution in [-0.4, -0.2) is 5.78 Å². The minimum absolute atomic E-state index is 0.00718. The summed E-state index contributed by atoms with van der Waals surface area (Å²) in [5.41, 5.74) is 2.93. The zero-order valence-corrected chi connectivity index (χ0v) is 14.0. The van der Waals surface area contributed by atoms with Crippen LogP contribution in [0, 0.1) is 17.3 Å². The minimum Gasteiger partial charge on any atom is -0.299 e. The fraction of sp³-hybridized carbons (Fsp3) is 0.409. The van der Waals surface area contributed by atoms with Crippen molar-refractivity contribution in [3.63, 3.8) is 0 Å². The van der Waals surface area contributed by atoms with Crippen LogP contribution in [0.15, 0.2) is 60.7 Å². The largest absolute Gasteiger partial charge is 0.299 e. The highest BCUT2D eigenvalue weighted by Gasteiger charge is 2.64. The summed E-state index contributed by atoms with van der Waals surface area (Å²) in [6.45, 7) is 4.72. The van der Waals surface area contributed by atoms with Gasteiger partial charge in [-0.3, -0.25) is 4.79 Å². The zero-order valence-electron chi connectivity index (χ0n) is 14.0. The maximum Gasteiger partial charge on any atom is 0.136 e. The Labute approximate surface area is 138 Å². The van der Waals surface area contributed by atoms with E-state index in [0.717, 1.165) is 19.3 Å². The fourth-order valence-electron chi connectivity index (χ4n) is 5.30. The molecular formula is C22H24O. The Morgan fingerprint density at radius 3 is 1.91 bits per heavy atom. The van der Waals surface area contributed by atoms with Gasteiger partial charge in [-0.05, 0) is 35.3 Å². The SMILES string of the molecule is CC1(C)CCC(=O)[C@@H]2CC(c3ccccc3)(c3ccccc3)[C@@H]21. The summed E-state index contributed by atoms with van der Waals surface area (Å²) in [5, 5.41) is 0. The molecular weight excluding hydrogens is 280 g/mol. The number of carbonyl (C=O) groups is 1. The third-order valence-electron chi connectivity index (χ3n) is 6.32. The van der Waals surface area contributed by atoms with Gasteiger partial charge in [-0.25, -0.2) is 0 Å². The zero-order chi connectivity index (χ0) is 16.1. The maximum absolute atomic E-state index is 12.5. The van der Waals surface area contributed by atoms with Gasteiger partial charge >= 0.3 is 0 Å². The van der Waals surface area contributed by atoms with Crippen LogP contribution in [0.25, 0.3) is 0 Å². The molecule has 0 aromatic heterocycles. The maximum atomic E-state index is 12.5. The standard InChI is InChI=1S/C22H24O/c1-21(2)14-13-19(23)18-15-22(20(18)21,16-9-5-3-6-10-16)17-11-7-4-8-12-17/h3-12,18,20H,13-15H2,1-2H3/t18-,20-/m0/s1. The average Bonchev–Trinajstić information content (AvgIpc) is 2.53. The summed E-state index contributed by atoms with van der Waals surface area (Å²) in [4.78, 5) is 12.5. The molecule has 23 heavy (non-hydrogen) atoms. The van der Waals surface area contributed by atoms with Crippen LogP contribution in [0.2, 0.25) is 0 Å². The van der Waals surface area contributed by atoms with Crippen molar-refractivity contribution in [3.8, 4) is 0 Å². The number of ketones is 1. The third-order valence-corrected chi connectivity index (χ3v) is 6.32. The molecule has 2 aromatic carbocycles. The number of rotatable bonds is 2. The second kappa shape index (κ2) is 5.06. The van der Waals surface area contributed by atoms with E-state index in [9.17, 15) is 4.79 Å². The molecule has 0 saturated heterocycles. The lowest BCUT2D eigenvalue weighted by atomic mass is 9.39. The smallest absolute Gasteiger partial charge is 0.136 e. The third kappa shape index (κ3) is 2.02. The summed E-state index contributed by atoms with van der Waals surface area (Å²) < 4.78 is 0. The van der Waals surface area contributed by atoms with Gasteiger partial charge in [0.15, 0.2) is 0 Å². The topological polar surface area (TPSA) is 17.1 Å². The first-order chi connectivity index (χ1) is 11.1. The Balaban J connectivity index is 1.90. The number of Topliss-reactive ketones (excluding diaryl/α,β-unsaturated/α-hetero) is 1. The van der Waals surface area contributed by atoms with E-state index in [2.05, 4.69) is 74.5 Å². The lowest BCUT2D eigenvalue weighted by Crippen LogP contribution is -2.62. The molecule has 2 atom stereocenters. The van der Waals surface area contributed by atoms with Crippen molar-refractivity contribution in [1.29, 1.82) is 0 Å². The predicted octanol–water partition coefficient (Wildman–Crippen LogP) is 5.00. The molecule has 0 heterocycles. The quantitative estimate of drug-likeness (QED) is 0.763. The van der Waals surface area contributed by atoms with Crippen LogP contribution >= 0.6 is 0 Å². The van der Waals surface area contributed by atoms with E-state index in [1.165, 1.54) is 11.1 Å². The highest BCUT2D eigenvalue weighted by molar-refractivity contribution is 5.85. The Morgan fingerprint density at radius 1 is 0.870 bits per heavy atom. The predicted molar refractivity (Wildman–Crippen MR) is 93.3 cm³/mol. The Bertz CT molecular complexity index is 675. The van der Waals surface area contributed by atoms with E-state index in [-0.39, 0.29) is 16.7 Å². The van der Waals surface area contributed by atoms with Crippen LogP contribution in [0.4, 0.5) is 0 Å². The first-order valence-corrected chi connectivity index (χ1v) is 8.69. The van der Waals surface area contributed by atoms with E-state index >= 15 is 0 Å². The molecule has 2 aliphatic carbocycles. The van der Waals surface area contributed by atoms with Crippen molar-refractivity contribution < 1.29 is 4.79 Å². The van der Waals surface area contributed by atoms with Gasteiger partial charge in [0.05, 0.1) is 0 Å². The number of hydrogen-bond acceptors (Lipinski definition) is 1. The minimum atomic E-state index is -0.00718. The highest BCUT2D eigenvalue weighted by Crippen LogP contribution is 2.66. The van der Waals surface area contributed by atoms with Gasteiger partial charge < -0.3 is 0 Å². The van der Waals surface area contributed by atoms with E-state index in [1.54, 1.807) is 0 Å². The van der Waals surface area contributed by atoms with Gasteiger partial charge in [0.25, 0.3) is 0 Å². The molecule has 4 rings (SSSR count). The molecule has 2 saturated carbocycles. The van der Waals surface area contributed by atoms with Crippen molar-refractivity contribution in [3.05, 3.63) is 71.8 Å². The lowest BCUT2D eigenvalue weighted by Gasteiger charge is -2.63. The van der Waals surface area contributed by atoms with Crippen LogP contribution in [-0.2, 0) is 10.2 Å². The number of benzene rings is 2. The second-order valence-electron chi connectivity index (χ2n) is 7.95. The molecule has 2 aliphatic rings. The van der Waals surface area contributed by atoms with Gasteiger partial charge in [0.2, 0.25) is 0 Å². The van der Waals surface area contributed by atoms with Crippen LogP contribution in [0.3, 0.4) is 0 Å². The molecule has 0 unspecified atom stereocenters. The van der Waals surface area contributed by atoms with Gasteiger partial charge in [0.1, 0.15) is 5.78 Å². The van der Waals surface area contributed by atoms with Crippen molar-refractivity contribution >= 4 is 5.78 Å². The first kappa shape index (κ1) is 14.7. The van der Waals surface area contributed by atoms with Crippen molar-refractivity contribution in [2.75, 3.05) is 0 Å². The van der Waals surface area contributed by atoms with Gasteiger partial charge in [0, 0.05) is 17.8 Å². The van der Waals surface area contributed by atoms with Crippen molar-refractivity contribution in [2.24, 2.45) is 17.3 Å². The Kier molecular flexibility index (Phi) is 3.23.